The summed E-state index contributed by atoms with van der Waals surface area (Å²) in [6.07, 6.45) is 1.77. The summed E-state index contributed by atoms with van der Waals surface area (Å²) >= 11 is 0. The molecule has 0 aliphatic rings. The summed E-state index contributed by atoms with van der Waals surface area (Å²) in [5, 5.41) is 1.06. The molecule has 0 spiro atoms. The molecular weight excluding hydrogens is 238 g/mol. The van der Waals surface area contributed by atoms with Gasteiger partial charge in [-0.1, -0.05) is 6.07 Å². The van der Waals surface area contributed by atoms with Crippen LogP contribution in [-0.2, 0) is 0 Å². The lowest BCUT2D eigenvalue weighted by Crippen LogP contribution is -1.90. The van der Waals surface area contributed by atoms with Gasteiger partial charge in [-0.2, -0.15) is 0 Å². The van der Waals surface area contributed by atoms with Crippen LogP contribution in [0.25, 0.3) is 22.0 Å². The number of rotatable bonds is 2. The third kappa shape index (κ3) is 2.20. The van der Waals surface area contributed by atoms with E-state index in [2.05, 4.69) is 16.0 Å². The van der Waals surface area contributed by atoms with Gasteiger partial charge in [0.1, 0.15) is 5.82 Å². The van der Waals surface area contributed by atoms with Crippen LogP contribution < -0.4 is 10.5 Å². The van der Waals surface area contributed by atoms with Crippen molar-refractivity contribution in [2.45, 2.75) is 0 Å². The van der Waals surface area contributed by atoms with Crippen molar-refractivity contribution in [2.24, 2.45) is 0 Å². The Morgan fingerprint density at radius 3 is 2.58 bits per heavy atom. The van der Waals surface area contributed by atoms with Crippen LogP contribution in [0, 0.1) is 0 Å². The number of aromatic nitrogens is 2. The third-order valence-electron chi connectivity index (χ3n) is 2.99. The van der Waals surface area contributed by atoms with E-state index in [4.69, 9.17) is 10.5 Å². The van der Waals surface area contributed by atoms with Gasteiger partial charge >= 0.3 is 0 Å². The first-order valence-electron chi connectivity index (χ1n) is 5.93. The predicted octanol–water partition coefficient (Wildman–Crippen LogP) is 2.89. The first-order valence-corrected chi connectivity index (χ1v) is 5.93. The molecule has 4 nitrogen and oxygen atoms in total. The molecule has 3 aromatic rings. The quantitative estimate of drug-likeness (QED) is 0.760. The summed E-state index contributed by atoms with van der Waals surface area (Å²) in [7, 11) is 1.61. The highest BCUT2D eigenvalue weighted by Gasteiger charge is 2.02. The lowest BCUT2D eigenvalue weighted by atomic mass is 10.1. The van der Waals surface area contributed by atoms with Crippen LogP contribution in [0.3, 0.4) is 0 Å². The number of fused-ring (bicyclic) bond motifs is 1. The van der Waals surface area contributed by atoms with Crippen molar-refractivity contribution < 1.29 is 4.74 Å². The Kier molecular flexibility index (Phi) is 2.76. The molecule has 0 atom stereocenters. The van der Waals surface area contributed by atoms with E-state index >= 15 is 0 Å². The van der Waals surface area contributed by atoms with E-state index in [9.17, 15) is 0 Å². The molecule has 3 rings (SSSR count). The van der Waals surface area contributed by atoms with Gasteiger partial charge in [-0.3, -0.25) is 0 Å². The molecule has 2 heterocycles. The molecule has 0 saturated carbocycles. The first-order chi connectivity index (χ1) is 9.26. The van der Waals surface area contributed by atoms with Gasteiger partial charge in [0.05, 0.1) is 12.6 Å². The molecule has 0 bridgehead atoms. The lowest BCUT2D eigenvalue weighted by Gasteiger charge is -2.05. The van der Waals surface area contributed by atoms with E-state index in [1.807, 2.05) is 30.3 Å². The zero-order valence-corrected chi connectivity index (χ0v) is 10.5. The van der Waals surface area contributed by atoms with Crippen molar-refractivity contribution in [1.29, 1.82) is 0 Å². The first kappa shape index (κ1) is 11.5. The number of nitrogen functional groups attached to an aromatic ring is 1. The topological polar surface area (TPSA) is 61.0 Å². The SMILES string of the molecule is COc1ccc2cc(-c3ccc(N)nc3)ccc2n1. The molecule has 0 saturated heterocycles. The Balaban J connectivity index is 2.08. The van der Waals surface area contributed by atoms with E-state index in [-0.39, 0.29) is 0 Å². The van der Waals surface area contributed by atoms with Gasteiger partial charge in [-0.25, -0.2) is 9.97 Å². The molecule has 94 valence electrons. The normalized spacial score (nSPS) is 10.6. The zero-order chi connectivity index (χ0) is 13.2. The third-order valence-corrected chi connectivity index (χ3v) is 2.99. The van der Waals surface area contributed by atoms with Gasteiger partial charge in [0.15, 0.2) is 0 Å². The minimum atomic E-state index is 0.524. The number of hydrogen-bond donors (Lipinski definition) is 1. The van der Waals surface area contributed by atoms with Crippen molar-refractivity contribution in [3.63, 3.8) is 0 Å². The number of methoxy groups -OCH3 is 1. The Morgan fingerprint density at radius 2 is 1.84 bits per heavy atom. The molecule has 0 aliphatic heterocycles. The van der Waals surface area contributed by atoms with Crippen LogP contribution in [0.2, 0.25) is 0 Å². The minimum Gasteiger partial charge on any atom is -0.481 e. The number of ether oxygens (including phenoxy) is 1. The molecule has 19 heavy (non-hydrogen) atoms. The fraction of sp³-hybridized carbons (Fsp3) is 0.0667. The van der Waals surface area contributed by atoms with Crippen molar-refractivity contribution in [1.82, 2.24) is 9.97 Å². The molecule has 0 aliphatic carbocycles. The zero-order valence-electron chi connectivity index (χ0n) is 10.5. The number of anilines is 1. The summed E-state index contributed by atoms with van der Waals surface area (Å²) in [6, 6.07) is 13.7. The van der Waals surface area contributed by atoms with Gasteiger partial charge in [0, 0.05) is 23.2 Å². The Labute approximate surface area is 110 Å². The second kappa shape index (κ2) is 4.57. The van der Waals surface area contributed by atoms with Gasteiger partial charge in [-0.05, 0) is 35.9 Å². The molecule has 0 radical (unpaired) electrons. The Hall–Kier alpha value is -2.62. The number of benzene rings is 1. The van der Waals surface area contributed by atoms with Crippen molar-refractivity contribution in [3.05, 3.63) is 48.7 Å². The second-order valence-corrected chi connectivity index (χ2v) is 4.23. The van der Waals surface area contributed by atoms with Crippen LogP contribution in [0.4, 0.5) is 5.82 Å². The van der Waals surface area contributed by atoms with Crippen LogP contribution in [0.5, 0.6) is 5.88 Å². The van der Waals surface area contributed by atoms with Gasteiger partial charge in [-0.15, -0.1) is 0 Å². The summed E-state index contributed by atoms with van der Waals surface area (Å²) < 4.78 is 5.12. The fourth-order valence-electron chi connectivity index (χ4n) is 1.98. The summed E-state index contributed by atoms with van der Waals surface area (Å²) in [5.74, 6) is 1.14. The maximum atomic E-state index is 5.59. The van der Waals surface area contributed by atoms with Gasteiger partial charge in [0.25, 0.3) is 0 Å². The second-order valence-electron chi connectivity index (χ2n) is 4.23. The number of hydrogen-bond acceptors (Lipinski definition) is 4. The molecular formula is C15H13N3O. The van der Waals surface area contributed by atoms with E-state index in [0.29, 0.717) is 11.7 Å². The average molecular weight is 251 g/mol. The van der Waals surface area contributed by atoms with Crippen LogP contribution in [-0.4, -0.2) is 17.1 Å². The lowest BCUT2D eigenvalue weighted by molar-refractivity contribution is 0.399. The van der Waals surface area contributed by atoms with Crippen molar-refractivity contribution >= 4 is 16.7 Å². The van der Waals surface area contributed by atoms with E-state index in [0.717, 1.165) is 22.0 Å². The molecule has 2 N–H and O–H groups in total. The maximum Gasteiger partial charge on any atom is 0.213 e. The monoisotopic (exact) mass is 251 g/mol. The molecule has 2 aromatic heterocycles. The van der Waals surface area contributed by atoms with Crippen LogP contribution >= 0.6 is 0 Å². The number of pyridine rings is 2. The highest BCUT2D eigenvalue weighted by molar-refractivity contribution is 5.84. The Morgan fingerprint density at radius 1 is 1.00 bits per heavy atom. The van der Waals surface area contributed by atoms with Crippen LogP contribution in [0.15, 0.2) is 48.7 Å². The van der Waals surface area contributed by atoms with E-state index in [1.165, 1.54) is 0 Å². The van der Waals surface area contributed by atoms with Crippen LogP contribution in [0.1, 0.15) is 0 Å². The van der Waals surface area contributed by atoms with Crippen molar-refractivity contribution in [3.8, 4) is 17.0 Å². The molecule has 4 heteroatoms. The maximum absolute atomic E-state index is 5.59. The molecule has 0 fully saturated rings. The highest BCUT2D eigenvalue weighted by Crippen LogP contribution is 2.24. The molecule has 0 unspecified atom stereocenters. The molecule has 1 aromatic carbocycles. The summed E-state index contributed by atoms with van der Waals surface area (Å²) in [4.78, 5) is 8.49. The Bertz CT molecular complexity index is 723. The highest BCUT2D eigenvalue weighted by atomic mass is 16.5. The minimum absolute atomic E-state index is 0.524. The smallest absolute Gasteiger partial charge is 0.213 e. The standard InChI is InChI=1S/C15H13N3O/c1-19-15-7-4-11-8-10(2-5-13(11)18-15)12-3-6-14(16)17-9-12/h2-9H,1H3,(H2,16,17). The predicted molar refractivity (Wildman–Crippen MR) is 75.9 cm³/mol. The molecule has 0 amide bonds. The van der Waals surface area contributed by atoms with Gasteiger partial charge in [0.2, 0.25) is 5.88 Å². The summed E-state index contributed by atoms with van der Waals surface area (Å²) in [5.41, 5.74) is 8.63. The number of nitrogens with zero attached hydrogens (tertiary/aromatic N) is 2. The van der Waals surface area contributed by atoms with E-state index in [1.54, 1.807) is 19.4 Å². The summed E-state index contributed by atoms with van der Waals surface area (Å²) in [6.45, 7) is 0. The largest absolute Gasteiger partial charge is 0.481 e. The van der Waals surface area contributed by atoms with Gasteiger partial charge < -0.3 is 10.5 Å². The van der Waals surface area contributed by atoms with E-state index < -0.39 is 0 Å². The fourth-order valence-corrected chi connectivity index (χ4v) is 1.98. The number of nitrogens with two attached hydrogens (primary N) is 1. The van der Waals surface area contributed by atoms with Crippen molar-refractivity contribution in [2.75, 3.05) is 12.8 Å². The average Bonchev–Trinajstić information content (AvgIpc) is 2.47.